The van der Waals surface area contributed by atoms with Gasteiger partial charge < -0.3 is 10.1 Å². The number of halogens is 2. The van der Waals surface area contributed by atoms with Gasteiger partial charge in [0.05, 0.1) is 0 Å². The molecular formula is C19H19Cl2NO2. The van der Waals surface area contributed by atoms with Gasteiger partial charge in [0, 0.05) is 15.7 Å². The lowest BCUT2D eigenvalue weighted by molar-refractivity contribution is -0.122. The van der Waals surface area contributed by atoms with Crippen LogP contribution < -0.4 is 10.1 Å². The van der Waals surface area contributed by atoms with E-state index < -0.39 is 6.10 Å². The summed E-state index contributed by atoms with van der Waals surface area (Å²) in [7, 11) is 0. The van der Waals surface area contributed by atoms with Crippen LogP contribution in [0.3, 0.4) is 0 Å². The molecule has 0 fully saturated rings. The van der Waals surface area contributed by atoms with Crippen LogP contribution in [0.4, 0.5) is 5.69 Å². The molecule has 1 aliphatic rings. The molecule has 0 bridgehead atoms. The Morgan fingerprint density at radius 2 is 1.71 bits per heavy atom. The maximum Gasteiger partial charge on any atom is 0.265 e. The zero-order valence-corrected chi connectivity index (χ0v) is 15.0. The molecule has 2 aromatic carbocycles. The van der Waals surface area contributed by atoms with Gasteiger partial charge in [-0.15, -0.1) is 0 Å². The highest BCUT2D eigenvalue weighted by atomic mass is 35.5. The van der Waals surface area contributed by atoms with E-state index in [4.69, 9.17) is 27.9 Å². The number of nitrogens with one attached hydrogen (secondary N) is 1. The fraction of sp³-hybridized carbons (Fsp3) is 0.316. The van der Waals surface area contributed by atoms with Gasteiger partial charge in [-0.2, -0.15) is 0 Å². The van der Waals surface area contributed by atoms with E-state index in [0.29, 0.717) is 15.7 Å². The summed E-state index contributed by atoms with van der Waals surface area (Å²) in [5, 5.41) is 3.72. The normalized spacial score (nSPS) is 14.6. The molecule has 1 N–H and O–H groups in total. The van der Waals surface area contributed by atoms with Crippen LogP contribution in [0.1, 0.15) is 30.9 Å². The first-order chi connectivity index (χ1) is 11.5. The van der Waals surface area contributed by atoms with Crippen LogP contribution in [0.2, 0.25) is 10.0 Å². The molecule has 0 saturated heterocycles. The highest BCUT2D eigenvalue weighted by Gasteiger charge is 2.17. The van der Waals surface area contributed by atoms with Crippen LogP contribution in [0.15, 0.2) is 36.4 Å². The van der Waals surface area contributed by atoms with Crippen LogP contribution in [-0.4, -0.2) is 12.0 Å². The quantitative estimate of drug-likeness (QED) is 0.802. The number of carbonyl (C=O) groups excluding carboxylic acids is 1. The summed E-state index contributed by atoms with van der Waals surface area (Å²) in [6.45, 7) is 1.72. The van der Waals surface area contributed by atoms with E-state index in [1.165, 1.54) is 24.0 Å². The number of amides is 1. The summed E-state index contributed by atoms with van der Waals surface area (Å²) >= 11 is 11.9. The number of hydrogen-bond acceptors (Lipinski definition) is 2. The standard InChI is InChI=1S/C19H19Cl2NO2/c1-12(19(23)22-17-10-15(20)9-16(21)11-17)24-18-7-6-13-4-2-3-5-14(13)8-18/h6-12H,2-5H2,1H3,(H,22,23). The van der Waals surface area contributed by atoms with Crippen LogP contribution in [-0.2, 0) is 17.6 Å². The summed E-state index contributed by atoms with van der Waals surface area (Å²) in [5.74, 6) is 0.480. The van der Waals surface area contributed by atoms with Crippen molar-refractivity contribution < 1.29 is 9.53 Å². The van der Waals surface area contributed by atoms with Gasteiger partial charge in [0.15, 0.2) is 6.10 Å². The van der Waals surface area contributed by atoms with Gasteiger partial charge in [-0.05, 0) is 74.1 Å². The molecule has 3 rings (SSSR count). The van der Waals surface area contributed by atoms with Crippen LogP contribution in [0, 0.1) is 0 Å². The second kappa shape index (κ2) is 7.45. The summed E-state index contributed by atoms with van der Waals surface area (Å²) < 4.78 is 5.80. The molecule has 1 amide bonds. The van der Waals surface area contributed by atoms with Crippen molar-refractivity contribution in [3.05, 3.63) is 57.6 Å². The van der Waals surface area contributed by atoms with Crippen molar-refractivity contribution in [3.63, 3.8) is 0 Å². The maximum absolute atomic E-state index is 12.3. The number of rotatable bonds is 4. The van der Waals surface area contributed by atoms with E-state index in [1.54, 1.807) is 25.1 Å². The smallest absolute Gasteiger partial charge is 0.265 e. The highest BCUT2D eigenvalue weighted by molar-refractivity contribution is 6.35. The van der Waals surface area contributed by atoms with Gasteiger partial charge in [0.25, 0.3) is 5.91 Å². The molecular weight excluding hydrogens is 345 g/mol. The predicted molar refractivity (Wildman–Crippen MR) is 98.3 cm³/mol. The average molecular weight is 364 g/mol. The summed E-state index contributed by atoms with van der Waals surface area (Å²) in [6.07, 6.45) is 4.04. The monoisotopic (exact) mass is 363 g/mol. The lowest BCUT2D eigenvalue weighted by Gasteiger charge is -2.19. The van der Waals surface area contributed by atoms with Crippen molar-refractivity contribution in [2.24, 2.45) is 0 Å². The first-order valence-corrected chi connectivity index (χ1v) is 8.82. The number of benzene rings is 2. The average Bonchev–Trinajstić information content (AvgIpc) is 2.53. The van der Waals surface area contributed by atoms with Crippen molar-refractivity contribution in [2.45, 2.75) is 38.7 Å². The third-order valence-corrected chi connectivity index (χ3v) is 4.57. The fourth-order valence-corrected chi connectivity index (χ4v) is 3.44. The second-order valence-corrected chi connectivity index (χ2v) is 6.92. The first-order valence-electron chi connectivity index (χ1n) is 8.07. The molecule has 0 saturated carbocycles. The third-order valence-electron chi connectivity index (χ3n) is 4.13. The Balaban J connectivity index is 1.65. The Hall–Kier alpha value is -1.71. The Morgan fingerprint density at radius 1 is 1.04 bits per heavy atom. The molecule has 1 atom stereocenters. The molecule has 126 valence electrons. The van der Waals surface area contributed by atoms with Crippen molar-refractivity contribution in [2.75, 3.05) is 5.32 Å². The zero-order chi connectivity index (χ0) is 17.1. The van der Waals surface area contributed by atoms with Crippen LogP contribution in [0.5, 0.6) is 5.75 Å². The molecule has 0 radical (unpaired) electrons. The molecule has 0 aromatic heterocycles. The third kappa shape index (κ3) is 4.22. The molecule has 3 nitrogen and oxygen atoms in total. The van der Waals surface area contributed by atoms with Gasteiger partial charge in [-0.25, -0.2) is 0 Å². The maximum atomic E-state index is 12.3. The van der Waals surface area contributed by atoms with Crippen molar-refractivity contribution in [1.29, 1.82) is 0 Å². The fourth-order valence-electron chi connectivity index (χ4n) is 2.91. The van der Waals surface area contributed by atoms with Crippen LogP contribution >= 0.6 is 23.2 Å². The van der Waals surface area contributed by atoms with Crippen molar-refractivity contribution in [3.8, 4) is 5.75 Å². The topological polar surface area (TPSA) is 38.3 Å². The Kier molecular flexibility index (Phi) is 5.32. The molecule has 0 aliphatic heterocycles. The van der Waals surface area contributed by atoms with Gasteiger partial charge in [0.1, 0.15) is 5.75 Å². The zero-order valence-electron chi connectivity index (χ0n) is 13.4. The van der Waals surface area contributed by atoms with Crippen molar-refractivity contribution >= 4 is 34.8 Å². The highest BCUT2D eigenvalue weighted by Crippen LogP contribution is 2.26. The minimum absolute atomic E-state index is 0.244. The van der Waals surface area contributed by atoms with E-state index in [0.717, 1.165) is 18.6 Å². The second-order valence-electron chi connectivity index (χ2n) is 6.05. The van der Waals surface area contributed by atoms with E-state index in [1.807, 2.05) is 6.07 Å². The number of hydrogen-bond donors (Lipinski definition) is 1. The summed E-state index contributed by atoms with van der Waals surface area (Å²) in [5.41, 5.74) is 3.27. The number of fused-ring (bicyclic) bond motifs is 1. The lowest BCUT2D eigenvalue weighted by atomic mass is 9.92. The Morgan fingerprint density at radius 3 is 2.42 bits per heavy atom. The molecule has 1 unspecified atom stereocenters. The Labute approximate surface area is 151 Å². The molecule has 1 aliphatic carbocycles. The number of carbonyl (C=O) groups is 1. The summed E-state index contributed by atoms with van der Waals surface area (Å²) in [6, 6.07) is 11.0. The molecule has 2 aromatic rings. The van der Waals surface area contributed by atoms with E-state index in [9.17, 15) is 4.79 Å². The number of ether oxygens (including phenoxy) is 1. The van der Waals surface area contributed by atoms with Crippen LogP contribution in [0.25, 0.3) is 0 Å². The van der Waals surface area contributed by atoms with Gasteiger partial charge in [0.2, 0.25) is 0 Å². The minimum Gasteiger partial charge on any atom is -0.481 e. The minimum atomic E-state index is -0.621. The first kappa shape index (κ1) is 17.1. The lowest BCUT2D eigenvalue weighted by Crippen LogP contribution is -2.30. The summed E-state index contributed by atoms with van der Waals surface area (Å²) in [4.78, 5) is 12.3. The molecule has 0 spiro atoms. The van der Waals surface area contributed by atoms with Crippen molar-refractivity contribution in [1.82, 2.24) is 0 Å². The van der Waals surface area contributed by atoms with Gasteiger partial charge >= 0.3 is 0 Å². The number of anilines is 1. The largest absolute Gasteiger partial charge is 0.481 e. The van der Waals surface area contributed by atoms with Gasteiger partial charge in [-0.3, -0.25) is 4.79 Å². The molecule has 0 heterocycles. The van der Waals surface area contributed by atoms with Gasteiger partial charge in [-0.1, -0.05) is 29.3 Å². The van der Waals surface area contributed by atoms with E-state index in [2.05, 4.69) is 17.4 Å². The SMILES string of the molecule is CC(Oc1ccc2c(c1)CCCC2)C(=O)Nc1cc(Cl)cc(Cl)c1. The molecule has 24 heavy (non-hydrogen) atoms. The molecule has 5 heteroatoms. The predicted octanol–water partition coefficient (Wildman–Crippen LogP) is 5.28. The van der Waals surface area contributed by atoms with E-state index >= 15 is 0 Å². The van der Waals surface area contributed by atoms with E-state index in [-0.39, 0.29) is 5.91 Å². The Bertz CT molecular complexity index is 741. The number of aryl methyl sites for hydroxylation is 2.